The third-order valence-electron chi connectivity index (χ3n) is 3.50. The molecule has 1 amide bonds. The highest BCUT2D eigenvalue weighted by Crippen LogP contribution is 2.17. The Morgan fingerprint density at radius 2 is 1.65 bits per heavy atom. The van der Waals surface area contributed by atoms with Gasteiger partial charge in [0.05, 0.1) is 32.0 Å². The number of esters is 1. The molecule has 7 nitrogen and oxygen atoms in total. The molecule has 0 unspecified atom stereocenters. The van der Waals surface area contributed by atoms with Gasteiger partial charge in [0.15, 0.2) is 0 Å². The number of benzene rings is 2. The molecule has 0 radical (unpaired) electrons. The van der Waals surface area contributed by atoms with Crippen molar-refractivity contribution in [1.82, 2.24) is 5.32 Å². The fourth-order valence-electron chi connectivity index (χ4n) is 2.19. The third kappa shape index (κ3) is 5.78. The predicted octanol–water partition coefficient (Wildman–Crippen LogP) is 2.09. The summed E-state index contributed by atoms with van der Waals surface area (Å²) in [7, 11) is 2.90. The monoisotopic (exact) mass is 358 g/mol. The highest BCUT2D eigenvalue weighted by Gasteiger charge is 2.12. The van der Waals surface area contributed by atoms with Crippen molar-refractivity contribution in [3.63, 3.8) is 0 Å². The summed E-state index contributed by atoms with van der Waals surface area (Å²) >= 11 is 0. The maximum atomic E-state index is 12.0. The number of amides is 1. The van der Waals surface area contributed by atoms with Crippen molar-refractivity contribution < 1.29 is 23.8 Å². The lowest BCUT2D eigenvalue weighted by atomic mass is 10.2. The standard InChI is InChI=1S/C19H22N2O5/c1-24-14-7-9-15(10-8-14)26-12-11-20-13-18(22)21-17-6-4-3-5-16(17)19(23)25-2/h3-10,20H,11-13H2,1-2H3,(H,21,22). The van der Waals surface area contributed by atoms with Gasteiger partial charge in [-0.15, -0.1) is 0 Å². The van der Waals surface area contributed by atoms with Crippen LogP contribution in [0.5, 0.6) is 11.5 Å². The molecule has 2 rings (SSSR count). The van der Waals surface area contributed by atoms with Crippen LogP contribution >= 0.6 is 0 Å². The van der Waals surface area contributed by atoms with Gasteiger partial charge < -0.3 is 24.8 Å². The van der Waals surface area contributed by atoms with E-state index in [1.54, 1.807) is 31.4 Å². The van der Waals surface area contributed by atoms with Gasteiger partial charge in [0.1, 0.15) is 18.1 Å². The van der Waals surface area contributed by atoms with Gasteiger partial charge >= 0.3 is 5.97 Å². The molecule has 0 bridgehead atoms. The summed E-state index contributed by atoms with van der Waals surface area (Å²) < 4.78 is 15.3. The van der Waals surface area contributed by atoms with E-state index < -0.39 is 5.97 Å². The van der Waals surface area contributed by atoms with E-state index in [9.17, 15) is 9.59 Å². The minimum Gasteiger partial charge on any atom is -0.497 e. The van der Waals surface area contributed by atoms with E-state index in [2.05, 4.69) is 10.6 Å². The summed E-state index contributed by atoms with van der Waals surface area (Å²) in [6.45, 7) is 1.01. The van der Waals surface area contributed by atoms with Gasteiger partial charge in [0.2, 0.25) is 5.91 Å². The predicted molar refractivity (Wildman–Crippen MR) is 97.8 cm³/mol. The highest BCUT2D eigenvalue weighted by molar-refractivity contribution is 6.01. The van der Waals surface area contributed by atoms with Crippen molar-refractivity contribution >= 4 is 17.6 Å². The van der Waals surface area contributed by atoms with E-state index in [4.69, 9.17) is 14.2 Å². The number of para-hydroxylation sites is 1. The smallest absolute Gasteiger partial charge is 0.339 e. The van der Waals surface area contributed by atoms with Gasteiger partial charge in [0, 0.05) is 6.54 Å². The van der Waals surface area contributed by atoms with Crippen LogP contribution in [0, 0.1) is 0 Å². The molecule has 0 atom stereocenters. The molecule has 0 aliphatic rings. The second-order valence-electron chi connectivity index (χ2n) is 5.29. The maximum absolute atomic E-state index is 12.0. The first-order chi connectivity index (χ1) is 12.6. The molecule has 2 aromatic carbocycles. The molecule has 0 aliphatic heterocycles. The Balaban J connectivity index is 1.71. The molecule has 0 saturated heterocycles. The molecular formula is C19H22N2O5. The van der Waals surface area contributed by atoms with Gasteiger partial charge in [-0.25, -0.2) is 4.79 Å². The molecule has 0 heterocycles. The number of carbonyl (C=O) groups is 2. The number of carbonyl (C=O) groups excluding carboxylic acids is 2. The van der Waals surface area contributed by atoms with Gasteiger partial charge in [0.25, 0.3) is 0 Å². The Morgan fingerprint density at radius 3 is 2.35 bits per heavy atom. The van der Waals surface area contributed by atoms with Gasteiger partial charge in [-0.3, -0.25) is 4.79 Å². The Bertz CT molecular complexity index is 731. The Morgan fingerprint density at radius 1 is 0.962 bits per heavy atom. The first-order valence-electron chi connectivity index (χ1n) is 8.09. The zero-order valence-electron chi connectivity index (χ0n) is 14.8. The minimum atomic E-state index is -0.498. The van der Waals surface area contributed by atoms with E-state index in [1.165, 1.54) is 7.11 Å². The molecular weight excluding hydrogens is 336 g/mol. The highest BCUT2D eigenvalue weighted by atomic mass is 16.5. The Labute approximate surface area is 152 Å². The largest absolute Gasteiger partial charge is 0.497 e. The zero-order chi connectivity index (χ0) is 18.8. The fraction of sp³-hybridized carbons (Fsp3) is 0.263. The van der Waals surface area contributed by atoms with Crippen LogP contribution in [0.15, 0.2) is 48.5 Å². The fourth-order valence-corrected chi connectivity index (χ4v) is 2.19. The molecule has 0 spiro atoms. The van der Waals surface area contributed by atoms with Crippen LogP contribution in [0.1, 0.15) is 10.4 Å². The van der Waals surface area contributed by atoms with Crippen molar-refractivity contribution in [3.8, 4) is 11.5 Å². The summed E-state index contributed by atoms with van der Waals surface area (Å²) in [5.41, 5.74) is 0.729. The normalized spacial score (nSPS) is 10.1. The second-order valence-corrected chi connectivity index (χ2v) is 5.29. The first kappa shape index (κ1) is 19.3. The SMILES string of the molecule is COC(=O)c1ccccc1NC(=O)CNCCOc1ccc(OC)cc1. The molecule has 7 heteroatoms. The van der Waals surface area contributed by atoms with Crippen molar-refractivity contribution in [3.05, 3.63) is 54.1 Å². The molecule has 2 N–H and O–H groups in total. The summed E-state index contributed by atoms with van der Waals surface area (Å²) in [5, 5.41) is 5.67. The van der Waals surface area contributed by atoms with Crippen LogP contribution in [0.25, 0.3) is 0 Å². The minimum absolute atomic E-state index is 0.0987. The quantitative estimate of drug-likeness (QED) is 0.527. The maximum Gasteiger partial charge on any atom is 0.339 e. The van der Waals surface area contributed by atoms with Gasteiger partial charge in [-0.05, 0) is 36.4 Å². The molecule has 0 fully saturated rings. The number of hydrogen-bond acceptors (Lipinski definition) is 6. The lowest BCUT2D eigenvalue weighted by Gasteiger charge is -2.11. The topological polar surface area (TPSA) is 85.9 Å². The summed E-state index contributed by atoms with van der Waals surface area (Å²) in [6.07, 6.45) is 0. The molecule has 0 saturated carbocycles. The van der Waals surface area contributed by atoms with Crippen LogP contribution in [-0.4, -0.2) is 45.8 Å². The van der Waals surface area contributed by atoms with E-state index in [0.717, 1.165) is 11.5 Å². The van der Waals surface area contributed by atoms with E-state index in [-0.39, 0.29) is 12.5 Å². The Hall–Kier alpha value is -3.06. The van der Waals surface area contributed by atoms with E-state index in [1.807, 2.05) is 24.3 Å². The number of methoxy groups -OCH3 is 2. The van der Waals surface area contributed by atoms with Crippen LogP contribution < -0.4 is 20.1 Å². The first-order valence-corrected chi connectivity index (χ1v) is 8.09. The average Bonchev–Trinajstić information content (AvgIpc) is 2.68. The number of ether oxygens (including phenoxy) is 3. The van der Waals surface area contributed by atoms with Crippen molar-refractivity contribution in [2.45, 2.75) is 0 Å². The third-order valence-corrected chi connectivity index (χ3v) is 3.50. The van der Waals surface area contributed by atoms with Crippen molar-refractivity contribution in [2.75, 3.05) is 39.2 Å². The number of rotatable bonds is 9. The molecule has 0 aliphatic carbocycles. The molecule has 0 aromatic heterocycles. The average molecular weight is 358 g/mol. The number of anilines is 1. The van der Waals surface area contributed by atoms with Crippen LogP contribution in [0.4, 0.5) is 5.69 Å². The summed E-state index contributed by atoms with van der Waals surface area (Å²) in [5.74, 6) is 0.732. The zero-order valence-corrected chi connectivity index (χ0v) is 14.8. The number of nitrogens with one attached hydrogen (secondary N) is 2. The lowest BCUT2D eigenvalue weighted by Crippen LogP contribution is -2.31. The molecule has 26 heavy (non-hydrogen) atoms. The van der Waals surface area contributed by atoms with E-state index in [0.29, 0.717) is 24.4 Å². The molecule has 138 valence electrons. The lowest BCUT2D eigenvalue weighted by molar-refractivity contribution is -0.115. The van der Waals surface area contributed by atoms with Crippen LogP contribution in [0.2, 0.25) is 0 Å². The van der Waals surface area contributed by atoms with Crippen molar-refractivity contribution in [1.29, 1.82) is 0 Å². The number of hydrogen-bond donors (Lipinski definition) is 2. The summed E-state index contributed by atoms with van der Waals surface area (Å²) in [6, 6.07) is 13.9. The van der Waals surface area contributed by atoms with Crippen LogP contribution in [-0.2, 0) is 9.53 Å². The second kappa shape index (κ2) is 10.0. The van der Waals surface area contributed by atoms with E-state index >= 15 is 0 Å². The van der Waals surface area contributed by atoms with Crippen molar-refractivity contribution in [2.24, 2.45) is 0 Å². The van der Waals surface area contributed by atoms with Gasteiger partial charge in [-0.1, -0.05) is 12.1 Å². The molecule has 2 aromatic rings. The van der Waals surface area contributed by atoms with Crippen LogP contribution in [0.3, 0.4) is 0 Å². The summed E-state index contributed by atoms with van der Waals surface area (Å²) in [4.78, 5) is 23.7. The van der Waals surface area contributed by atoms with Gasteiger partial charge in [-0.2, -0.15) is 0 Å². The Kier molecular flexibility index (Phi) is 7.45.